The summed E-state index contributed by atoms with van der Waals surface area (Å²) in [4.78, 5) is 21.3. The molecule has 2 aliphatic heterocycles. The minimum atomic E-state index is -4.64. The molecule has 0 radical (unpaired) electrons. The molecular weight excluding hydrogens is 449 g/mol. The van der Waals surface area contributed by atoms with Crippen molar-refractivity contribution in [2.75, 3.05) is 36.0 Å². The maximum Gasteiger partial charge on any atom is 0.453 e. The van der Waals surface area contributed by atoms with Gasteiger partial charge >= 0.3 is 6.18 Å². The van der Waals surface area contributed by atoms with E-state index in [0.717, 1.165) is 29.0 Å². The average Bonchev–Trinajstić information content (AvgIpc) is 3.53. The number of amides is 1. The number of nitrogens with zero attached hydrogens (tertiary/aromatic N) is 7. The van der Waals surface area contributed by atoms with Crippen molar-refractivity contribution in [3.8, 4) is 0 Å². The van der Waals surface area contributed by atoms with E-state index in [-0.39, 0.29) is 17.5 Å². The number of carbonyl (C=O) groups excluding carboxylic acids is 1. The number of aromatic nitrogens is 5. The maximum atomic E-state index is 13.1. The third kappa shape index (κ3) is 4.62. The highest BCUT2D eigenvalue weighted by Gasteiger charge is 2.38. The van der Waals surface area contributed by atoms with Crippen LogP contribution < -0.4 is 15.1 Å². The van der Waals surface area contributed by atoms with Crippen LogP contribution in [0.15, 0.2) is 30.5 Å². The molecule has 0 saturated carbocycles. The Balaban J connectivity index is 1.15. The summed E-state index contributed by atoms with van der Waals surface area (Å²) in [6.07, 6.45) is 0.730. The molecular formula is C22H25F3N8O. The first-order valence-corrected chi connectivity index (χ1v) is 11.4. The number of fused-ring (bicyclic) bond motifs is 1. The van der Waals surface area contributed by atoms with E-state index in [0.29, 0.717) is 38.3 Å². The summed E-state index contributed by atoms with van der Waals surface area (Å²) in [6, 6.07) is 7.08. The average molecular weight is 474 g/mol. The molecule has 0 bridgehead atoms. The number of nitrogens with one attached hydrogen (secondary N) is 1. The molecule has 34 heavy (non-hydrogen) atoms. The fraction of sp³-hybridized carbons (Fsp3) is 0.500. The van der Waals surface area contributed by atoms with Crippen molar-refractivity contribution in [2.24, 2.45) is 5.92 Å². The SMILES string of the molecule is O=C(NCc1ccc(N2CCCC2)nc1)C1CCN(c2ccc3nnc(C(F)(F)F)n3n2)CC1. The molecule has 1 N–H and O–H groups in total. The van der Waals surface area contributed by atoms with Gasteiger partial charge in [0.05, 0.1) is 0 Å². The van der Waals surface area contributed by atoms with E-state index >= 15 is 0 Å². The summed E-state index contributed by atoms with van der Waals surface area (Å²) >= 11 is 0. The van der Waals surface area contributed by atoms with Gasteiger partial charge in [0.2, 0.25) is 5.91 Å². The van der Waals surface area contributed by atoms with Crippen LogP contribution in [0.2, 0.25) is 0 Å². The van der Waals surface area contributed by atoms with Gasteiger partial charge in [-0.2, -0.15) is 17.7 Å². The molecule has 0 atom stereocenters. The van der Waals surface area contributed by atoms with Gasteiger partial charge in [0.15, 0.2) is 5.65 Å². The Hall–Kier alpha value is -3.44. The van der Waals surface area contributed by atoms with Crippen LogP contribution in [0.1, 0.15) is 37.1 Å². The lowest BCUT2D eigenvalue weighted by Crippen LogP contribution is -2.40. The molecule has 3 aromatic rings. The van der Waals surface area contributed by atoms with Crippen molar-refractivity contribution < 1.29 is 18.0 Å². The summed E-state index contributed by atoms with van der Waals surface area (Å²) in [5.41, 5.74) is 0.980. The highest BCUT2D eigenvalue weighted by molar-refractivity contribution is 5.79. The van der Waals surface area contributed by atoms with Crippen LogP contribution in [0.5, 0.6) is 0 Å². The first-order valence-electron chi connectivity index (χ1n) is 11.4. The molecule has 1 amide bonds. The molecule has 0 aliphatic carbocycles. The Morgan fingerprint density at radius 2 is 1.68 bits per heavy atom. The second-order valence-corrected chi connectivity index (χ2v) is 8.68. The molecule has 0 aromatic carbocycles. The Morgan fingerprint density at radius 3 is 2.35 bits per heavy atom. The van der Waals surface area contributed by atoms with Crippen LogP contribution in [-0.2, 0) is 17.5 Å². The van der Waals surface area contributed by atoms with Gasteiger partial charge < -0.3 is 15.1 Å². The molecule has 3 aromatic heterocycles. The zero-order valence-electron chi connectivity index (χ0n) is 18.5. The van der Waals surface area contributed by atoms with E-state index in [1.165, 1.54) is 18.9 Å². The first-order chi connectivity index (χ1) is 16.4. The molecule has 12 heteroatoms. The Kier molecular flexibility index (Phi) is 5.96. The van der Waals surface area contributed by atoms with Crippen molar-refractivity contribution >= 4 is 23.2 Å². The number of alkyl halides is 3. The number of carbonyl (C=O) groups is 1. The highest BCUT2D eigenvalue weighted by Crippen LogP contribution is 2.28. The van der Waals surface area contributed by atoms with Crippen molar-refractivity contribution in [3.05, 3.63) is 41.9 Å². The van der Waals surface area contributed by atoms with Crippen LogP contribution in [0, 0.1) is 5.92 Å². The third-order valence-corrected chi connectivity index (χ3v) is 6.40. The zero-order valence-corrected chi connectivity index (χ0v) is 18.5. The van der Waals surface area contributed by atoms with Gasteiger partial charge in [-0.25, -0.2) is 4.98 Å². The Morgan fingerprint density at radius 1 is 0.971 bits per heavy atom. The monoisotopic (exact) mass is 474 g/mol. The first kappa shape index (κ1) is 22.4. The molecule has 0 unspecified atom stereocenters. The normalized spacial score (nSPS) is 17.5. The standard InChI is InChI=1S/C22H25F3N8O/c23-22(24,25)21-29-28-18-5-6-19(30-33(18)21)32-11-7-16(8-12-32)20(34)27-14-15-3-4-17(26-13-15)31-9-1-2-10-31/h3-6,13,16H,1-2,7-12,14H2,(H,27,34). The number of hydrogen-bond donors (Lipinski definition) is 1. The molecule has 2 aliphatic rings. The van der Waals surface area contributed by atoms with Crippen molar-refractivity contribution in [3.63, 3.8) is 0 Å². The number of hydrogen-bond acceptors (Lipinski definition) is 7. The van der Waals surface area contributed by atoms with Crippen molar-refractivity contribution in [1.29, 1.82) is 0 Å². The van der Waals surface area contributed by atoms with Gasteiger partial charge in [0.25, 0.3) is 5.82 Å². The van der Waals surface area contributed by atoms with Gasteiger partial charge in [-0.3, -0.25) is 4.79 Å². The Bertz CT molecular complexity index is 1150. The molecule has 5 heterocycles. The minimum Gasteiger partial charge on any atom is -0.357 e. The van der Waals surface area contributed by atoms with Crippen molar-refractivity contribution in [2.45, 2.75) is 38.4 Å². The quantitative estimate of drug-likeness (QED) is 0.608. The van der Waals surface area contributed by atoms with Crippen LogP contribution in [0.25, 0.3) is 5.65 Å². The summed E-state index contributed by atoms with van der Waals surface area (Å²) < 4.78 is 40.1. The van der Waals surface area contributed by atoms with Gasteiger partial charge in [-0.15, -0.1) is 15.3 Å². The highest BCUT2D eigenvalue weighted by atomic mass is 19.4. The zero-order chi connectivity index (χ0) is 23.7. The minimum absolute atomic E-state index is 0.0233. The fourth-order valence-electron chi connectivity index (χ4n) is 4.48. The summed E-state index contributed by atoms with van der Waals surface area (Å²) in [5, 5.41) is 13.8. The molecule has 2 saturated heterocycles. The van der Waals surface area contributed by atoms with Crippen LogP contribution in [0.3, 0.4) is 0 Å². The summed E-state index contributed by atoms with van der Waals surface area (Å²) in [6.45, 7) is 3.53. The van der Waals surface area contributed by atoms with Gasteiger partial charge in [0.1, 0.15) is 11.6 Å². The van der Waals surface area contributed by atoms with E-state index in [4.69, 9.17) is 0 Å². The van der Waals surface area contributed by atoms with E-state index in [1.54, 1.807) is 12.3 Å². The largest absolute Gasteiger partial charge is 0.453 e. The number of piperidine rings is 1. The number of halogens is 3. The van der Waals surface area contributed by atoms with Gasteiger partial charge in [-0.1, -0.05) is 6.07 Å². The molecule has 180 valence electrons. The number of rotatable bonds is 5. The topological polar surface area (TPSA) is 91.5 Å². The predicted molar refractivity (Wildman–Crippen MR) is 118 cm³/mol. The molecule has 5 rings (SSSR count). The van der Waals surface area contributed by atoms with E-state index in [2.05, 4.69) is 30.5 Å². The van der Waals surface area contributed by atoms with Crippen LogP contribution >= 0.6 is 0 Å². The Labute approximate surface area is 194 Å². The summed E-state index contributed by atoms with van der Waals surface area (Å²) in [7, 11) is 0. The lowest BCUT2D eigenvalue weighted by atomic mass is 9.96. The van der Waals surface area contributed by atoms with Gasteiger partial charge in [0, 0.05) is 44.8 Å². The van der Waals surface area contributed by atoms with E-state index < -0.39 is 12.0 Å². The third-order valence-electron chi connectivity index (χ3n) is 6.40. The van der Waals surface area contributed by atoms with Gasteiger partial charge in [-0.05, 0) is 49.4 Å². The lowest BCUT2D eigenvalue weighted by molar-refractivity contribution is -0.146. The lowest BCUT2D eigenvalue weighted by Gasteiger charge is -2.32. The van der Waals surface area contributed by atoms with Crippen molar-refractivity contribution in [1.82, 2.24) is 30.1 Å². The van der Waals surface area contributed by atoms with Crippen LogP contribution in [0.4, 0.5) is 24.8 Å². The van der Waals surface area contributed by atoms with Crippen LogP contribution in [-0.4, -0.2) is 56.9 Å². The molecule has 0 spiro atoms. The number of anilines is 2. The van der Waals surface area contributed by atoms with E-state index in [9.17, 15) is 18.0 Å². The summed E-state index contributed by atoms with van der Waals surface area (Å²) in [5.74, 6) is 0.0466. The smallest absolute Gasteiger partial charge is 0.357 e. The van der Waals surface area contributed by atoms with E-state index in [1.807, 2.05) is 17.0 Å². The fourth-order valence-corrected chi connectivity index (χ4v) is 4.48. The molecule has 2 fully saturated rings. The second-order valence-electron chi connectivity index (χ2n) is 8.68. The maximum absolute atomic E-state index is 13.1. The second kappa shape index (κ2) is 9.07. The predicted octanol–water partition coefficient (Wildman–Crippen LogP) is 2.67. The number of pyridine rings is 1. The molecule has 9 nitrogen and oxygen atoms in total.